The van der Waals surface area contributed by atoms with Crippen LogP contribution < -0.4 is 5.32 Å². The van der Waals surface area contributed by atoms with Crippen molar-refractivity contribution in [2.75, 3.05) is 11.9 Å². The first-order valence-corrected chi connectivity index (χ1v) is 7.23. The van der Waals surface area contributed by atoms with Crippen molar-refractivity contribution in [3.63, 3.8) is 0 Å². The van der Waals surface area contributed by atoms with Gasteiger partial charge in [-0.15, -0.1) is 0 Å². The first-order valence-electron chi connectivity index (χ1n) is 7.23. The number of nitriles is 1. The summed E-state index contributed by atoms with van der Waals surface area (Å²) in [7, 11) is 0. The van der Waals surface area contributed by atoms with Crippen LogP contribution in [-0.4, -0.2) is 6.54 Å². The third-order valence-corrected chi connectivity index (χ3v) is 3.51. The maximum Gasteiger partial charge on any atom is 0.101 e. The third kappa shape index (κ3) is 5.34. The number of benzene rings is 1. The van der Waals surface area contributed by atoms with Crippen LogP contribution in [0.4, 0.5) is 5.69 Å². The summed E-state index contributed by atoms with van der Waals surface area (Å²) >= 11 is 0. The first kappa shape index (κ1) is 15.6. The predicted molar refractivity (Wildman–Crippen MR) is 82.3 cm³/mol. The zero-order valence-electron chi connectivity index (χ0n) is 12.7. The van der Waals surface area contributed by atoms with E-state index in [1.165, 1.54) is 25.7 Å². The Hall–Kier alpha value is -1.49. The molecule has 0 spiro atoms. The van der Waals surface area contributed by atoms with Gasteiger partial charge in [-0.3, -0.25) is 0 Å². The molecule has 19 heavy (non-hydrogen) atoms. The van der Waals surface area contributed by atoms with Crippen molar-refractivity contribution in [1.82, 2.24) is 0 Å². The zero-order chi connectivity index (χ0) is 14.3. The molecule has 1 N–H and O–H groups in total. The summed E-state index contributed by atoms with van der Waals surface area (Å²) in [4.78, 5) is 0. The molecule has 0 heterocycles. The topological polar surface area (TPSA) is 35.8 Å². The molecular weight excluding hydrogens is 232 g/mol. The van der Waals surface area contributed by atoms with Crippen LogP contribution in [0.15, 0.2) is 18.2 Å². The summed E-state index contributed by atoms with van der Waals surface area (Å²) in [6.07, 6.45) is 5.07. The van der Waals surface area contributed by atoms with Gasteiger partial charge in [0.15, 0.2) is 0 Å². The lowest BCUT2D eigenvalue weighted by Crippen LogP contribution is -2.23. The Bertz CT molecular complexity index is 441. The Kier molecular flexibility index (Phi) is 5.89. The summed E-state index contributed by atoms with van der Waals surface area (Å²) in [5.41, 5.74) is 3.09. The van der Waals surface area contributed by atoms with E-state index in [1.807, 2.05) is 25.1 Å². The molecule has 1 rings (SSSR count). The smallest absolute Gasteiger partial charge is 0.101 e. The van der Waals surface area contributed by atoms with Crippen molar-refractivity contribution in [3.05, 3.63) is 29.3 Å². The minimum absolute atomic E-state index is 0.271. The second kappa shape index (κ2) is 7.19. The van der Waals surface area contributed by atoms with Crippen molar-refractivity contribution < 1.29 is 0 Å². The average Bonchev–Trinajstić information content (AvgIpc) is 2.37. The molecule has 0 aliphatic carbocycles. The van der Waals surface area contributed by atoms with Crippen molar-refractivity contribution in [2.24, 2.45) is 5.41 Å². The van der Waals surface area contributed by atoms with Gasteiger partial charge in [-0.05, 0) is 36.5 Å². The third-order valence-electron chi connectivity index (χ3n) is 3.51. The van der Waals surface area contributed by atoms with Crippen LogP contribution in [0.2, 0.25) is 0 Å². The molecule has 0 amide bonds. The fourth-order valence-electron chi connectivity index (χ4n) is 2.18. The highest BCUT2D eigenvalue weighted by molar-refractivity contribution is 5.58. The van der Waals surface area contributed by atoms with Crippen LogP contribution in [0.5, 0.6) is 0 Å². The summed E-state index contributed by atoms with van der Waals surface area (Å²) in [5.74, 6) is 0. The molecule has 0 bridgehead atoms. The van der Waals surface area contributed by atoms with Gasteiger partial charge in [0, 0.05) is 6.54 Å². The second-order valence-corrected chi connectivity index (χ2v) is 6.14. The van der Waals surface area contributed by atoms with Gasteiger partial charge in [0.1, 0.15) is 6.07 Å². The van der Waals surface area contributed by atoms with Crippen LogP contribution in [0.1, 0.15) is 57.6 Å². The van der Waals surface area contributed by atoms with Gasteiger partial charge < -0.3 is 5.32 Å². The van der Waals surface area contributed by atoms with E-state index in [0.29, 0.717) is 0 Å². The molecule has 0 aromatic heterocycles. The number of aryl methyl sites for hydroxylation is 1. The maximum absolute atomic E-state index is 9.16. The van der Waals surface area contributed by atoms with Crippen molar-refractivity contribution in [2.45, 2.75) is 53.4 Å². The molecule has 104 valence electrons. The lowest BCUT2D eigenvalue weighted by Gasteiger charge is -2.26. The summed E-state index contributed by atoms with van der Waals surface area (Å²) in [5, 5.41) is 12.6. The Morgan fingerprint density at radius 1 is 1.26 bits per heavy atom. The molecule has 0 saturated heterocycles. The number of hydrogen-bond donors (Lipinski definition) is 1. The lowest BCUT2D eigenvalue weighted by atomic mass is 9.86. The molecule has 2 heteroatoms. The highest BCUT2D eigenvalue weighted by Gasteiger charge is 2.17. The predicted octanol–water partition coefficient (Wildman–Crippen LogP) is 4.89. The van der Waals surface area contributed by atoms with E-state index in [9.17, 15) is 0 Å². The minimum Gasteiger partial charge on any atom is -0.383 e. The van der Waals surface area contributed by atoms with Crippen LogP contribution in [0, 0.1) is 23.7 Å². The van der Waals surface area contributed by atoms with E-state index in [1.54, 1.807) is 0 Å². The summed E-state index contributed by atoms with van der Waals surface area (Å²) < 4.78 is 0. The first-order chi connectivity index (χ1) is 8.98. The van der Waals surface area contributed by atoms with Gasteiger partial charge in [-0.2, -0.15) is 5.26 Å². The summed E-state index contributed by atoms with van der Waals surface area (Å²) in [6, 6.07) is 8.26. The highest BCUT2D eigenvalue weighted by Crippen LogP contribution is 2.25. The van der Waals surface area contributed by atoms with Crippen LogP contribution >= 0.6 is 0 Å². The van der Waals surface area contributed by atoms with Crippen LogP contribution in [0.25, 0.3) is 0 Å². The van der Waals surface area contributed by atoms with E-state index in [4.69, 9.17) is 5.26 Å². The van der Waals surface area contributed by atoms with E-state index in [0.717, 1.165) is 23.4 Å². The maximum atomic E-state index is 9.16. The van der Waals surface area contributed by atoms with Crippen LogP contribution in [-0.2, 0) is 0 Å². The van der Waals surface area contributed by atoms with Crippen molar-refractivity contribution in [3.8, 4) is 6.07 Å². The monoisotopic (exact) mass is 258 g/mol. The minimum atomic E-state index is 0.271. The SMILES string of the molecule is CCCCCC(C)(C)CNc1ccc(C)cc1C#N. The van der Waals surface area contributed by atoms with Gasteiger partial charge in [0.2, 0.25) is 0 Å². The molecule has 0 unspecified atom stereocenters. The largest absolute Gasteiger partial charge is 0.383 e. The van der Waals surface area contributed by atoms with Gasteiger partial charge in [-0.1, -0.05) is 46.1 Å². The molecule has 2 nitrogen and oxygen atoms in total. The normalized spacial score (nSPS) is 11.1. The molecule has 0 fully saturated rings. The van der Waals surface area contributed by atoms with E-state index < -0.39 is 0 Å². The number of nitrogens with zero attached hydrogens (tertiary/aromatic N) is 1. The van der Waals surface area contributed by atoms with Crippen molar-refractivity contribution >= 4 is 5.69 Å². The molecule has 0 aliphatic heterocycles. The quantitative estimate of drug-likeness (QED) is 0.707. The number of hydrogen-bond acceptors (Lipinski definition) is 2. The molecule has 1 aromatic rings. The van der Waals surface area contributed by atoms with Crippen molar-refractivity contribution in [1.29, 1.82) is 5.26 Å². The van der Waals surface area contributed by atoms with E-state index in [2.05, 4.69) is 32.2 Å². The number of nitrogens with one attached hydrogen (secondary N) is 1. The molecule has 0 atom stereocenters. The number of unbranched alkanes of at least 4 members (excludes halogenated alkanes) is 2. The zero-order valence-corrected chi connectivity index (χ0v) is 12.7. The Morgan fingerprint density at radius 3 is 2.63 bits per heavy atom. The number of anilines is 1. The average molecular weight is 258 g/mol. The van der Waals surface area contributed by atoms with Gasteiger partial charge >= 0.3 is 0 Å². The highest BCUT2D eigenvalue weighted by atomic mass is 14.9. The van der Waals surface area contributed by atoms with Gasteiger partial charge in [0.25, 0.3) is 0 Å². The Labute approximate surface area is 117 Å². The fourth-order valence-corrected chi connectivity index (χ4v) is 2.18. The summed E-state index contributed by atoms with van der Waals surface area (Å²) in [6.45, 7) is 9.73. The Morgan fingerprint density at radius 2 is 2.00 bits per heavy atom. The van der Waals surface area contributed by atoms with Gasteiger partial charge in [0.05, 0.1) is 11.3 Å². The molecule has 1 aromatic carbocycles. The molecule has 0 aliphatic rings. The lowest BCUT2D eigenvalue weighted by molar-refractivity contribution is 0.342. The molecular formula is C17H26N2. The van der Waals surface area contributed by atoms with Gasteiger partial charge in [-0.25, -0.2) is 0 Å². The standard InChI is InChI=1S/C17H26N2/c1-5-6-7-10-17(3,4)13-19-16-9-8-14(2)11-15(16)12-18/h8-9,11,19H,5-7,10,13H2,1-4H3. The molecule has 0 saturated carbocycles. The van der Waals surface area contributed by atoms with Crippen LogP contribution in [0.3, 0.4) is 0 Å². The molecule has 0 radical (unpaired) electrons. The Balaban J connectivity index is 2.59. The number of rotatable bonds is 7. The van der Waals surface area contributed by atoms with E-state index in [-0.39, 0.29) is 5.41 Å². The second-order valence-electron chi connectivity index (χ2n) is 6.14. The van der Waals surface area contributed by atoms with E-state index >= 15 is 0 Å². The fraction of sp³-hybridized carbons (Fsp3) is 0.588.